The summed E-state index contributed by atoms with van der Waals surface area (Å²) in [5, 5.41) is 11.0. The van der Waals surface area contributed by atoms with E-state index < -0.39 is 11.8 Å². The van der Waals surface area contributed by atoms with E-state index in [1.165, 1.54) is 29.5 Å². The SMILES string of the molecule is O=C(O)c1ccc(-c2nc(-c3cccc(F)c3Cl)c3sccn23)cc1. The van der Waals surface area contributed by atoms with Crippen LogP contribution in [0.2, 0.25) is 5.02 Å². The van der Waals surface area contributed by atoms with Gasteiger partial charge in [0.05, 0.1) is 10.6 Å². The Balaban J connectivity index is 1.91. The third-order valence-corrected chi connectivity index (χ3v) is 5.11. The fourth-order valence-corrected chi connectivity index (χ4v) is 3.71. The van der Waals surface area contributed by atoms with E-state index in [2.05, 4.69) is 4.98 Å². The zero-order valence-electron chi connectivity index (χ0n) is 12.6. The average molecular weight is 373 g/mol. The maximum absolute atomic E-state index is 13.8. The molecule has 0 aliphatic heterocycles. The minimum atomic E-state index is -0.984. The number of aromatic carboxylic acids is 1. The van der Waals surface area contributed by atoms with Gasteiger partial charge in [-0.25, -0.2) is 14.2 Å². The molecule has 0 spiro atoms. The van der Waals surface area contributed by atoms with E-state index in [0.717, 1.165) is 10.4 Å². The molecule has 0 radical (unpaired) electrons. The maximum atomic E-state index is 13.8. The molecule has 0 unspecified atom stereocenters. The molecule has 4 nitrogen and oxygen atoms in total. The van der Waals surface area contributed by atoms with Gasteiger partial charge in [-0.2, -0.15) is 0 Å². The van der Waals surface area contributed by atoms with Gasteiger partial charge < -0.3 is 5.11 Å². The van der Waals surface area contributed by atoms with E-state index >= 15 is 0 Å². The van der Waals surface area contributed by atoms with E-state index in [-0.39, 0.29) is 10.6 Å². The maximum Gasteiger partial charge on any atom is 0.335 e. The monoisotopic (exact) mass is 372 g/mol. The van der Waals surface area contributed by atoms with E-state index in [1.54, 1.807) is 24.3 Å². The number of hydrogen-bond acceptors (Lipinski definition) is 3. The van der Waals surface area contributed by atoms with Crippen LogP contribution in [-0.4, -0.2) is 20.5 Å². The van der Waals surface area contributed by atoms with Crippen LogP contribution in [0.4, 0.5) is 4.39 Å². The van der Waals surface area contributed by atoms with Crippen molar-refractivity contribution in [3.05, 3.63) is 70.4 Å². The van der Waals surface area contributed by atoms with Gasteiger partial charge in [0.1, 0.15) is 22.2 Å². The van der Waals surface area contributed by atoms with Gasteiger partial charge in [-0.15, -0.1) is 11.3 Å². The van der Waals surface area contributed by atoms with Crippen molar-refractivity contribution >= 4 is 33.7 Å². The molecule has 2 aromatic carbocycles. The number of fused-ring (bicyclic) bond motifs is 1. The van der Waals surface area contributed by atoms with Gasteiger partial charge in [0.2, 0.25) is 0 Å². The minimum absolute atomic E-state index is 0.0312. The molecular formula is C18H10ClFN2O2S. The van der Waals surface area contributed by atoms with Crippen LogP contribution in [0.5, 0.6) is 0 Å². The Morgan fingerprint density at radius 3 is 2.68 bits per heavy atom. The molecule has 0 fully saturated rings. The van der Waals surface area contributed by atoms with Gasteiger partial charge in [-0.3, -0.25) is 4.40 Å². The number of aromatic nitrogens is 2. The minimum Gasteiger partial charge on any atom is -0.478 e. The lowest BCUT2D eigenvalue weighted by Crippen LogP contribution is -1.95. The highest BCUT2D eigenvalue weighted by Crippen LogP contribution is 2.36. The summed E-state index contributed by atoms with van der Waals surface area (Å²) >= 11 is 7.59. The third-order valence-electron chi connectivity index (χ3n) is 3.85. The zero-order valence-corrected chi connectivity index (χ0v) is 14.2. The number of rotatable bonds is 3. The summed E-state index contributed by atoms with van der Waals surface area (Å²) in [6, 6.07) is 11.1. The number of nitrogens with zero attached hydrogens (tertiary/aromatic N) is 2. The number of carboxylic acid groups (broad SMARTS) is 1. The average Bonchev–Trinajstić information content (AvgIpc) is 3.20. The summed E-state index contributed by atoms with van der Waals surface area (Å²) in [5.74, 6) is -0.838. The summed E-state index contributed by atoms with van der Waals surface area (Å²) < 4.78 is 15.7. The van der Waals surface area contributed by atoms with Crippen molar-refractivity contribution < 1.29 is 14.3 Å². The molecule has 4 rings (SSSR count). The summed E-state index contributed by atoms with van der Waals surface area (Å²) in [6.07, 6.45) is 1.87. The standard InChI is InChI=1S/C18H10ClFN2O2S/c19-14-12(2-1-3-13(14)20)15-17-22(8-9-25-17)16(21-15)10-4-6-11(7-5-10)18(23)24/h1-9H,(H,23,24). The second-order valence-corrected chi connectivity index (χ2v) is 6.62. The van der Waals surface area contributed by atoms with E-state index in [1.807, 2.05) is 16.0 Å². The fraction of sp³-hybridized carbons (Fsp3) is 0. The molecule has 2 aromatic heterocycles. The first-order valence-electron chi connectivity index (χ1n) is 7.30. The second-order valence-electron chi connectivity index (χ2n) is 5.35. The highest BCUT2D eigenvalue weighted by molar-refractivity contribution is 7.16. The number of carboxylic acids is 1. The van der Waals surface area contributed by atoms with Crippen LogP contribution in [0, 0.1) is 5.82 Å². The Labute approximate surface area is 150 Å². The topological polar surface area (TPSA) is 54.6 Å². The van der Waals surface area contributed by atoms with Crippen molar-refractivity contribution in [2.45, 2.75) is 0 Å². The molecule has 7 heteroatoms. The first-order valence-corrected chi connectivity index (χ1v) is 8.55. The lowest BCUT2D eigenvalue weighted by atomic mass is 10.1. The Bertz CT molecular complexity index is 1100. The lowest BCUT2D eigenvalue weighted by molar-refractivity contribution is 0.0697. The molecule has 0 saturated carbocycles. The molecular weight excluding hydrogens is 363 g/mol. The van der Waals surface area contributed by atoms with Crippen LogP contribution in [-0.2, 0) is 0 Å². The van der Waals surface area contributed by atoms with Crippen molar-refractivity contribution in [1.29, 1.82) is 0 Å². The highest BCUT2D eigenvalue weighted by atomic mass is 35.5. The first-order chi connectivity index (χ1) is 12.1. The highest BCUT2D eigenvalue weighted by Gasteiger charge is 2.19. The molecule has 4 aromatic rings. The van der Waals surface area contributed by atoms with E-state index in [4.69, 9.17) is 16.7 Å². The molecule has 25 heavy (non-hydrogen) atoms. The normalized spacial score (nSPS) is 11.1. The van der Waals surface area contributed by atoms with Gasteiger partial charge in [-0.05, 0) is 18.2 Å². The van der Waals surface area contributed by atoms with Gasteiger partial charge in [0.15, 0.2) is 0 Å². The Hall–Kier alpha value is -2.70. The smallest absolute Gasteiger partial charge is 0.335 e. The van der Waals surface area contributed by atoms with E-state index in [0.29, 0.717) is 17.1 Å². The molecule has 0 amide bonds. The van der Waals surface area contributed by atoms with Crippen molar-refractivity contribution in [2.75, 3.05) is 0 Å². The van der Waals surface area contributed by atoms with Gasteiger partial charge >= 0.3 is 5.97 Å². The Kier molecular flexibility index (Phi) is 3.78. The number of carbonyl (C=O) groups is 1. The number of benzene rings is 2. The van der Waals surface area contributed by atoms with Crippen LogP contribution in [0.3, 0.4) is 0 Å². The molecule has 2 heterocycles. The van der Waals surface area contributed by atoms with E-state index in [9.17, 15) is 9.18 Å². The summed E-state index contributed by atoms with van der Waals surface area (Å²) in [6.45, 7) is 0. The Morgan fingerprint density at radius 1 is 1.20 bits per heavy atom. The summed E-state index contributed by atoms with van der Waals surface area (Å²) in [4.78, 5) is 16.5. The predicted molar refractivity (Wildman–Crippen MR) is 95.9 cm³/mol. The number of hydrogen-bond donors (Lipinski definition) is 1. The molecule has 0 saturated heterocycles. The van der Waals surface area contributed by atoms with Crippen LogP contribution in [0.15, 0.2) is 54.0 Å². The van der Waals surface area contributed by atoms with Crippen molar-refractivity contribution in [1.82, 2.24) is 9.38 Å². The van der Waals surface area contributed by atoms with Crippen LogP contribution >= 0.6 is 22.9 Å². The third kappa shape index (κ3) is 2.59. The van der Waals surface area contributed by atoms with Crippen LogP contribution in [0.25, 0.3) is 27.5 Å². The zero-order chi connectivity index (χ0) is 17.6. The first kappa shape index (κ1) is 15.8. The molecule has 0 bridgehead atoms. The number of halogens is 2. The fourth-order valence-electron chi connectivity index (χ4n) is 2.65. The van der Waals surface area contributed by atoms with Crippen LogP contribution < -0.4 is 0 Å². The quantitative estimate of drug-likeness (QED) is 0.536. The van der Waals surface area contributed by atoms with Crippen molar-refractivity contribution in [3.8, 4) is 22.6 Å². The van der Waals surface area contributed by atoms with Gasteiger partial charge in [-0.1, -0.05) is 35.9 Å². The lowest BCUT2D eigenvalue weighted by Gasteiger charge is -2.01. The molecule has 0 aliphatic rings. The summed E-state index contributed by atoms with van der Waals surface area (Å²) in [5.41, 5.74) is 2.08. The summed E-state index contributed by atoms with van der Waals surface area (Å²) in [7, 11) is 0. The van der Waals surface area contributed by atoms with Crippen LogP contribution in [0.1, 0.15) is 10.4 Å². The molecule has 124 valence electrons. The second kappa shape index (κ2) is 5.98. The van der Waals surface area contributed by atoms with Crippen molar-refractivity contribution in [3.63, 3.8) is 0 Å². The van der Waals surface area contributed by atoms with Crippen molar-refractivity contribution in [2.24, 2.45) is 0 Å². The molecule has 0 atom stereocenters. The Morgan fingerprint density at radius 2 is 1.96 bits per heavy atom. The number of thiazole rings is 1. The van der Waals surface area contributed by atoms with Gasteiger partial charge in [0, 0.05) is 22.7 Å². The largest absolute Gasteiger partial charge is 0.478 e. The molecule has 0 aliphatic carbocycles. The number of imidazole rings is 1. The van der Waals surface area contributed by atoms with Gasteiger partial charge in [0.25, 0.3) is 0 Å². The molecule has 1 N–H and O–H groups in total. The predicted octanol–water partition coefficient (Wildman–Crippen LogP) is 5.22.